The number of aromatic nitrogens is 2. The zero-order chi connectivity index (χ0) is 13.8. The lowest BCUT2D eigenvalue weighted by Crippen LogP contribution is -2.39. The van der Waals surface area contributed by atoms with Gasteiger partial charge in [0, 0.05) is 19.6 Å². The van der Waals surface area contributed by atoms with Crippen molar-refractivity contribution in [2.45, 2.75) is 38.2 Å². The molecule has 2 atom stereocenters. The molecule has 2 unspecified atom stereocenters. The summed E-state index contributed by atoms with van der Waals surface area (Å²) in [5.41, 5.74) is 0. The van der Waals surface area contributed by atoms with Crippen molar-refractivity contribution >= 4 is 0 Å². The number of nitrogens with one attached hydrogen (secondary N) is 1. The van der Waals surface area contributed by atoms with E-state index in [2.05, 4.69) is 27.3 Å². The number of hydrogen-bond donors (Lipinski definition) is 1. The van der Waals surface area contributed by atoms with Crippen LogP contribution in [-0.2, 0) is 4.74 Å². The second kappa shape index (κ2) is 6.65. The quantitative estimate of drug-likeness (QED) is 0.897. The number of piperidine rings is 1. The third-order valence-corrected chi connectivity index (χ3v) is 4.08. The Hall–Kier alpha value is -0.980. The number of ether oxygens (including phenoxy) is 1. The monoisotopic (exact) mass is 280 g/mol. The first-order chi connectivity index (χ1) is 9.86. The third-order valence-electron chi connectivity index (χ3n) is 4.08. The van der Waals surface area contributed by atoms with Gasteiger partial charge in [0.2, 0.25) is 11.7 Å². The Morgan fingerprint density at radius 2 is 2.40 bits per heavy atom. The molecule has 6 nitrogen and oxygen atoms in total. The van der Waals surface area contributed by atoms with Gasteiger partial charge >= 0.3 is 0 Å². The van der Waals surface area contributed by atoms with Crippen molar-refractivity contribution in [3.63, 3.8) is 0 Å². The van der Waals surface area contributed by atoms with Gasteiger partial charge in [0.05, 0.1) is 12.5 Å². The van der Waals surface area contributed by atoms with E-state index < -0.39 is 0 Å². The van der Waals surface area contributed by atoms with Crippen molar-refractivity contribution in [2.24, 2.45) is 0 Å². The van der Waals surface area contributed by atoms with E-state index in [-0.39, 0.29) is 6.10 Å². The average molecular weight is 280 g/mol. The van der Waals surface area contributed by atoms with Crippen molar-refractivity contribution in [1.29, 1.82) is 0 Å². The highest BCUT2D eigenvalue weighted by Gasteiger charge is 2.28. The first kappa shape index (κ1) is 14.0. The van der Waals surface area contributed by atoms with E-state index in [0.717, 1.165) is 58.1 Å². The van der Waals surface area contributed by atoms with E-state index in [1.807, 2.05) is 0 Å². The topological polar surface area (TPSA) is 63.4 Å². The van der Waals surface area contributed by atoms with Gasteiger partial charge in [-0.15, -0.1) is 0 Å². The van der Waals surface area contributed by atoms with Crippen molar-refractivity contribution in [2.75, 3.05) is 39.3 Å². The zero-order valence-electron chi connectivity index (χ0n) is 12.2. The maximum atomic E-state index is 5.80. The SMILES string of the molecule is CCCN1CCOC(c2noc(C3CCCNC3)n2)C1. The summed E-state index contributed by atoms with van der Waals surface area (Å²) in [5.74, 6) is 1.84. The molecule has 2 aliphatic rings. The molecule has 1 aromatic heterocycles. The fourth-order valence-electron chi connectivity index (χ4n) is 2.98. The Balaban J connectivity index is 1.63. The molecule has 0 bridgehead atoms. The summed E-state index contributed by atoms with van der Waals surface area (Å²) in [6.45, 7) is 7.96. The van der Waals surface area contributed by atoms with Crippen LogP contribution in [0.3, 0.4) is 0 Å². The van der Waals surface area contributed by atoms with Gasteiger partial charge in [-0.3, -0.25) is 4.90 Å². The Morgan fingerprint density at radius 3 is 3.20 bits per heavy atom. The van der Waals surface area contributed by atoms with E-state index in [0.29, 0.717) is 11.7 Å². The molecule has 1 aromatic rings. The predicted octanol–water partition coefficient (Wildman–Crippen LogP) is 1.32. The summed E-state index contributed by atoms with van der Waals surface area (Å²) in [7, 11) is 0. The highest BCUT2D eigenvalue weighted by atomic mass is 16.5. The van der Waals surface area contributed by atoms with Crippen LogP contribution in [0.1, 0.15) is 49.9 Å². The van der Waals surface area contributed by atoms with Crippen molar-refractivity contribution < 1.29 is 9.26 Å². The first-order valence-electron chi connectivity index (χ1n) is 7.75. The number of rotatable bonds is 4. The van der Waals surface area contributed by atoms with Crippen molar-refractivity contribution in [1.82, 2.24) is 20.4 Å². The van der Waals surface area contributed by atoms with E-state index in [1.54, 1.807) is 0 Å². The maximum absolute atomic E-state index is 5.80. The molecule has 0 spiro atoms. The van der Waals surface area contributed by atoms with Crippen LogP contribution < -0.4 is 5.32 Å². The standard InChI is InChI=1S/C14H24N4O2/c1-2-6-18-7-8-19-12(10-18)13-16-14(20-17-13)11-4-3-5-15-9-11/h11-12,15H,2-10H2,1H3. The van der Waals surface area contributed by atoms with Gasteiger partial charge in [-0.05, 0) is 32.4 Å². The molecule has 2 fully saturated rings. The van der Waals surface area contributed by atoms with Crippen molar-refractivity contribution in [3.8, 4) is 0 Å². The number of hydrogen-bond acceptors (Lipinski definition) is 6. The van der Waals surface area contributed by atoms with Gasteiger partial charge in [-0.1, -0.05) is 12.1 Å². The molecule has 112 valence electrons. The average Bonchev–Trinajstić information content (AvgIpc) is 2.99. The summed E-state index contributed by atoms with van der Waals surface area (Å²) in [6.07, 6.45) is 3.43. The van der Waals surface area contributed by atoms with Gasteiger partial charge in [-0.25, -0.2) is 0 Å². The maximum Gasteiger partial charge on any atom is 0.231 e. The fraction of sp³-hybridized carbons (Fsp3) is 0.857. The minimum Gasteiger partial charge on any atom is -0.367 e. The summed E-state index contributed by atoms with van der Waals surface area (Å²) in [5, 5.41) is 7.52. The Morgan fingerprint density at radius 1 is 1.45 bits per heavy atom. The molecule has 0 radical (unpaired) electrons. The minimum absolute atomic E-state index is 0.0376. The van der Waals surface area contributed by atoms with Crippen LogP contribution in [0.5, 0.6) is 0 Å². The highest BCUT2D eigenvalue weighted by molar-refractivity contribution is 5.00. The largest absolute Gasteiger partial charge is 0.367 e. The van der Waals surface area contributed by atoms with E-state index >= 15 is 0 Å². The van der Waals surface area contributed by atoms with Crippen LogP contribution in [0, 0.1) is 0 Å². The second-order valence-electron chi connectivity index (χ2n) is 5.69. The molecule has 0 saturated carbocycles. The van der Waals surface area contributed by atoms with Gasteiger partial charge in [0.15, 0.2) is 0 Å². The molecule has 20 heavy (non-hydrogen) atoms. The first-order valence-corrected chi connectivity index (χ1v) is 7.75. The van der Waals surface area contributed by atoms with Crippen molar-refractivity contribution in [3.05, 3.63) is 11.7 Å². The minimum atomic E-state index is -0.0376. The summed E-state index contributed by atoms with van der Waals surface area (Å²) in [4.78, 5) is 6.99. The van der Waals surface area contributed by atoms with Gasteiger partial charge in [-0.2, -0.15) is 4.98 Å². The Kier molecular flexibility index (Phi) is 4.65. The molecule has 3 heterocycles. The van der Waals surface area contributed by atoms with Crippen LogP contribution in [0.2, 0.25) is 0 Å². The smallest absolute Gasteiger partial charge is 0.231 e. The van der Waals surface area contributed by atoms with Gasteiger partial charge in [0.25, 0.3) is 0 Å². The lowest BCUT2D eigenvalue weighted by molar-refractivity contribution is -0.0350. The Labute approximate surface area is 119 Å². The predicted molar refractivity (Wildman–Crippen MR) is 74.6 cm³/mol. The van der Waals surface area contributed by atoms with Crippen LogP contribution in [0.4, 0.5) is 0 Å². The lowest BCUT2D eigenvalue weighted by Gasteiger charge is -2.30. The number of morpholine rings is 1. The van der Waals surface area contributed by atoms with E-state index in [4.69, 9.17) is 9.26 Å². The molecule has 2 saturated heterocycles. The molecule has 0 aliphatic carbocycles. The van der Waals surface area contributed by atoms with Crippen LogP contribution in [0.25, 0.3) is 0 Å². The summed E-state index contributed by atoms with van der Waals surface area (Å²) < 4.78 is 11.3. The molecule has 2 aliphatic heterocycles. The van der Waals surface area contributed by atoms with Gasteiger partial charge < -0.3 is 14.6 Å². The molecular weight excluding hydrogens is 256 g/mol. The molecule has 6 heteroatoms. The normalized spacial score (nSPS) is 28.6. The number of nitrogens with zero attached hydrogens (tertiary/aromatic N) is 3. The Bertz CT molecular complexity index is 415. The fourth-order valence-corrected chi connectivity index (χ4v) is 2.98. The third kappa shape index (κ3) is 3.19. The highest BCUT2D eigenvalue weighted by Crippen LogP contribution is 2.25. The lowest BCUT2D eigenvalue weighted by atomic mass is 10.00. The molecule has 0 amide bonds. The second-order valence-corrected chi connectivity index (χ2v) is 5.69. The molecule has 1 N–H and O–H groups in total. The van der Waals surface area contributed by atoms with Gasteiger partial charge in [0.1, 0.15) is 6.10 Å². The summed E-state index contributed by atoms with van der Waals surface area (Å²) >= 11 is 0. The van der Waals surface area contributed by atoms with Crippen LogP contribution in [0.15, 0.2) is 4.52 Å². The van der Waals surface area contributed by atoms with Crippen LogP contribution in [-0.4, -0.2) is 54.4 Å². The molecular formula is C14H24N4O2. The zero-order valence-corrected chi connectivity index (χ0v) is 12.2. The summed E-state index contributed by atoms with van der Waals surface area (Å²) in [6, 6.07) is 0. The molecule has 3 rings (SSSR count). The van der Waals surface area contributed by atoms with E-state index in [9.17, 15) is 0 Å². The van der Waals surface area contributed by atoms with Crippen LogP contribution >= 0.6 is 0 Å². The van der Waals surface area contributed by atoms with E-state index in [1.165, 1.54) is 6.42 Å². The molecule has 0 aromatic carbocycles.